The monoisotopic (exact) mass is 401 g/mol. The van der Waals surface area contributed by atoms with Crippen LogP contribution in [-0.2, 0) is 14.3 Å². The van der Waals surface area contributed by atoms with Crippen LogP contribution in [0.1, 0.15) is 37.0 Å². The average molecular weight is 401 g/mol. The highest BCUT2D eigenvalue weighted by Crippen LogP contribution is 2.38. The lowest BCUT2D eigenvalue weighted by molar-refractivity contribution is -0.138. The number of anilines is 1. The van der Waals surface area contributed by atoms with E-state index >= 15 is 0 Å². The van der Waals surface area contributed by atoms with Gasteiger partial charge in [0.15, 0.2) is 5.60 Å². The van der Waals surface area contributed by atoms with Crippen LogP contribution in [0.25, 0.3) is 0 Å². The van der Waals surface area contributed by atoms with E-state index < -0.39 is 5.60 Å². The number of fused-ring (bicyclic) bond motifs is 1. The third-order valence-corrected chi connectivity index (χ3v) is 5.67. The molecule has 29 heavy (non-hydrogen) atoms. The number of rotatable bonds is 3. The Hall–Kier alpha value is -2.61. The zero-order valence-corrected chi connectivity index (χ0v) is 17.0. The number of ether oxygens (including phenoxy) is 2. The fourth-order valence-electron chi connectivity index (χ4n) is 4.01. The first-order chi connectivity index (χ1) is 13.9. The summed E-state index contributed by atoms with van der Waals surface area (Å²) in [4.78, 5) is 43.7. The zero-order chi connectivity index (χ0) is 20.6. The van der Waals surface area contributed by atoms with Gasteiger partial charge in [-0.2, -0.15) is 0 Å². The molecular weight excluding hydrogens is 374 g/mol. The molecule has 3 heterocycles. The Labute approximate surface area is 170 Å². The van der Waals surface area contributed by atoms with Gasteiger partial charge in [-0.15, -0.1) is 0 Å². The van der Waals surface area contributed by atoms with E-state index in [1.807, 2.05) is 4.90 Å². The molecule has 1 aromatic carbocycles. The number of hydrogen-bond donors (Lipinski definition) is 0. The molecule has 156 valence electrons. The van der Waals surface area contributed by atoms with Crippen molar-refractivity contribution in [3.8, 4) is 5.75 Å². The van der Waals surface area contributed by atoms with Crippen molar-refractivity contribution in [3.63, 3.8) is 0 Å². The first-order valence-corrected chi connectivity index (χ1v) is 10.2. The van der Waals surface area contributed by atoms with Crippen LogP contribution >= 0.6 is 0 Å². The summed E-state index contributed by atoms with van der Waals surface area (Å²) in [5.74, 6) is 0.0170. The number of morpholine rings is 1. The maximum absolute atomic E-state index is 13.1. The topological polar surface area (TPSA) is 79.4 Å². The fraction of sp³-hybridized carbons (Fsp3) is 0.571. The first-order valence-electron chi connectivity index (χ1n) is 10.2. The predicted octanol–water partition coefficient (Wildman–Crippen LogP) is 1.29. The lowest BCUT2D eigenvalue weighted by atomic mass is 10.0. The minimum Gasteiger partial charge on any atom is -0.476 e. The highest BCUT2D eigenvalue weighted by atomic mass is 16.5. The van der Waals surface area contributed by atoms with Gasteiger partial charge in [0.05, 0.1) is 18.9 Å². The maximum Gasteiger partial charge on any atom is 0.271 e. The van der Waals surface area contributed by atoms with Gasteiger partial charge in [-0.1, -0.05) is 0 Å². The van der Waals surface area contributed by atoms with Gasteiger partial charge in [0.2, 0.25) is 5.91 Å². The summed E-state index contributed by atoms with van der Waals surface area (Å²) in [6.45, 7) is 6.82. The van der Waals surface area contributed by atoms with E-state index in [-0.39, 0.29) is 24.3 Å². The van der Waals surface area contributed by atoms with Crippen molar-refractivity contribution in [2.75, 3.05) is 50.8 Å². The number of benzene rings is 1. The van der Waals surface area contributed by atoms with Crippen LogP contribution < -0.4 is 9.64 Å². The van der Waals surface area contributed by atoms with Crippen molar-refractivity contribution in [1.29, 1.82) is 0 Å². The molecule has 8 nitrogen and oxygen atoms in total. The lowest BCUT2D eigenvalue weighted by Crippen LogP contribution is -2.56. The van der Waals surface area contributed by atoms with Crippen LogP contribution in [0.5, 0.6) is 5.75 Å². The second-order valence-corrected chi connectivity index (χ2v) is 8.18. The van der Waals surface area contributed by atoms with Gasteiger partial charge in [0, 0.05) is 31.7 Å². The summed E-state index contributed by atoms with van der Waals surface area (Å²) in [6, 6.07) is 5.13. The third kappa shape index (κ3) is 3.81. The summed E-state index contributed by atoms with van der Waals surface area (Å²) < 4.78 is 11.2. The van der Waals surface area contributed by atoms with E-state index in [2.05, 4.69) is 0 Å². The van der Waals surface area contributed by atoms with Crippen LogP contribution in [0.15, 0.2) is 18.2 Å². The van der Waals surface area contributed by atoms with E-state index in [0.29, 0.717) is 43.3 Å². The zero-order valence-electron chi connectivity index (χ0n) is 17.0. The Balaban J connectivity index is 1.63. The molecule has 0 unspecified atom stereocenters. The van der Waals surface area contributed by atoms with Crippen LogP contribution in [0.2, 0.25) is 0 Å². The van der Waals surface area contributed by atoms with Crippen LogP contribution in [0, 0.1) is 0 Å². The molecule has 1 aromatic rings. The SMILES string of the molecule is CC1(C)Oc2ccc(C(=O)N3CCCC3)cc2N(CC(=O)N2CCOCC2)C1=O. The van der Waals surface area contributed by atoms with E-state index in [0.717, 1.165) is 25.9 Å². The first kappa shape index (κ1) is 19.7. The Morgan fingerprint density at radius 1 is 1.03 bits per heavy atom. The van der Waals surface area contributed by atoms with Crippen molar-refractivity contribution in [2.45, 2.75) is 32.3 Å². The van der Waals surface area contributed by atoms with Crippen molar-refractivity contribution in [3.05, 3.63) is 23.8 Å². The smallest absolute Gasteiger partial charge is 0.271 e. The molecule has 0 saturated carbocycles. The van der Waals surface area contributed by atoms with E-state index in [1.165, 1.54) is 4.90 Å². The minimum absolute atomic E-state index is 0.0537. The summed E-state index contributed by atoms with van der Waals surface area (Å²) in [6.07, 6.45) is 2.01. The largest absolute Gasteiger partial charge is 0.476 e. The van der Waals surface area contributed by atoms with Gasteiger partial charge >= 0.3 is 0 Å². The number of nitrogens with zero attached hydrogens (tertiary/aromatic N) is 3. The van der Waals surface area contributed by atoms with Crippen molar-refractivity contribution in [1.82, 2.24) is 9.80 Å². The Kier molecular flexibility index (Phi) is 5.21. The average Bonchev–Trinajstić information content (AvgIpc) is 3.26. The molecule has 0 radical (unpaired) electrons. The molecule has 4 rings (SSSR count). The Morgan fingerprint density at radius 3 is 2.41 bits per heavy atom. The molecular formula is C21H27N3O5. The lowest BCUT2D eigenvalue weighted by Gasteiger charge is -2.39. The molecule has 0 bridgehead atoms. The Morgan fingerprint density at radius 2 is 1.72 bits per heavy atom. The fourth-order valence-corrected chi connectivity index (χ4v) is 4.01. The molecule has 0 spiro atoms. The van der Waals surface area contributed by atoms with Gasteiger partial charge in [0.25, 0.3) is 11.8 Å². The van der Waals surface area contributed by atoms with Crippen LogP contribution in [0.3, 0.4) is 0 Å². The molecule has 0 N–H and O–H groups in total. The Bertz CT molecular complexity index is 826. The molecule has 0 aliphatic carbocycles. The summed E-state index contributed by atoms with van der Waals surface area (Å²) in [5.41, 5.74) is -0.106. The number of carbonyl (C=O) groups excluding carboxylic acids is 3. The van der Waals surface area contributed by atoms with Crippen molar-refractivity contribution >= 4 is 23.4 Å². The minimum atomic E-state index is -1.08. The summed E-state index contributed by atoms with van der Waals surface area (Å²) >= 11 is 0. The van der Waals surface area contributed by atoms with E-state index in [1.54, 1.807) is 36.9 Å². The predicted molar refractivity (Wildman–Crippen MR) is 106 cm³/mol. The maximum atomic E-state index is 13.1. The van der Waals surface area contributed by atoms with Gasteiger partial charge in [-0.3, -0.25) is 19.3 Å². The molecule has 8 heteroatoms. The molecule has 0 atom stereocenters. The molecule has 3 amide bonds. The number of carbonyl (C=O) groups is 3. The molecule has 3 aliphatic heterocycles. The third-order valence-electron chi connectivity index (χ3n) is 5.67. The number of hydrogen-bond acceptors (Lipinski definition) is 5. The normalized spacial score (nSPS) is 21.0. The standard InChI is InChI=1S/C21H27N3O5/c1-21(2)20(27)24(14-18(25)22-9-11-28-12-10-22)16-13-15(5-6-17(16)29-21)19(26)23-7-3-4-8-23/h5-6,13H,3-4,7-12,14H2,1-2H3. The van der Waals surface area contributed by atoms with Gasteiger partial charge in [-0.05, 0) is 44.9 Å². The highest BCUT2D eigenvalue weighted by Gasteiger charge is 2.42. The molecule has 0 aromatic heterocycles. The quantitative estimate of drug-likeness (QED) is 0.763. The molecule has 2 saturated heterocycles. The second-order valence-electron chi connectivity index (χ2n) is 8.18. The van der Waals surface area contributed by atoms with Crippen LogP contribution in [-0.4, -0.2) is 79.1 Å². The molecule has 3 aliphatic rings. The van der Waals surface area contributed by atoms with Crippen molar-refractivity contribution < 1.29 is 23.9 Å². The second kappa shape index (κ2) is 7.67. The van der Waals surface area contributed by atoms with Crippen molar-refractivity contribution in [2.24, 2.45) is 0 Å². The van der Waals surface area contributed by atoms with E-state index in [4.69, 9.17) is 9.47 Å². The van der Waals surface area contributed by atoms with Crippen LogP contribution in [0.4, 0.5) is 5.69 Å². The highest BCUT2D eigenvalue weighted by molar-refractivity contribution is 6.07. The number of likely N-dealkylation sites (tertiary alicyclic amines) is 1. The van der Waals surface area contributed by atoms with Gasteiger partial charge < -0.3 is 19.3 Å². The van der Waals surface area contributed by atoms with E-state index in [9.17, 15) is 14.4 Å². The number of amides is 3. The van der Waals surface area contributed by atoms with Gasteiger partial charge in [-0.25, -0.2) is 0 Å². The summed E-state index contributed by atoms with van der Waals surface area (Å²) in [7, 11) is 0. The molecule has 2 fully saturated rings. The summed E-state index contributed by atoms with van der Waals surface area (Å²) in [5, 5.41) is 0. The van der Waals surface area contributed by atoms with Gasteiger partial charge in [0.1, 0.15) is 12.3 Å².